The average Bonchev–Trinajstić information content (AvgIpc) is 2.46. The van der Waals surface area contributed by atoms with E-state index >= 15 is 0 Å². The Morgan fingerprint density at radius 3 is 2.76 bits per heavy atom. The van der Waals surface area contributed by atoms with Crippen LogP contribution in [0.15, 0.2) is 42.5 Å². The minimum Gasteiger partial charge on any atom is -0.496 e. The van der Waals surface area contributed by atoms with E-state index in [-0.39, 0.29) is 5.91 Å². The SMILES string of the molecule is COc1cccc(N)c1C(=O)NCCc1cccc(Cl)c1. The van der Waals surface area contributed by atoms with Crippen molar-refractivity contribution in [1.29, 1.82) is 0 Å². The van der Waals surface area contributed by atoms with Crippen molar-refractivity contribution in [2.24, 2.45) is 0 Å². The lowest BCUT2D eigenvalue weighted by Crippen LogP contribution is -2.27. The highest BCUT2D eigenvalue weighted by Gasteiger charge is 2.14. The molecular formula is C16H17ClN2O2. The van der Waals surface area contributed by atoms with E-state index in [0.29, 0.717) is 35.0 Å². The van der Waals surface area contributed by atoms with Gasteiger partial charge in [0.15, 0.2) is 0 Å². The lowest BCUT2D eigenvalue weighted by Gasteiger charge is -2.11. The summed E-state index contributed by atoms with van der Waals surface area (Å²) >= 11 is 5.92. The van der Waals surface area contributed by atoms with Crippen LogP contribution in [0.4, 0.5) is 5.69 Å². The second kappa shape index (κ2) is 6.99. The van der Waals surface area contributed by atoms with Gasteiger partial charge >= 0.3 is 0 Å². The minimum atomic E-state index is -0.244. The highest BCUT2D eigenvalue weighted by atomic mass is 35.5. The van der Waals surface area contributed by atoms with Crippen molar-refractivity contribution in [2.75, 3.05) is 19.4 Å². The summed E-state index contributed by atoms with van der Waals surface area (Å²) in [4.78, 5) is 12.2. The number of nitrogens with two attached hydrogens (primary N) is 1. The highest BCUT2D eigenvalue weighted by molar-refractivity contribution is 6.30. The molecule has 2 aromatic rings. The molecule has 0 aliphatic carbocycles. The molecule has 2 aromatic carbocycles. The zero-order valence-corrected chi connectivity index (χ0v) is 12.5. The fourth-order valence-electron chi connectivity index (χ4n) is 2.06. The summed E-state index contributed by atoms with van der Waals surface area (Å²) in [6.45, 7) is 0.497. The fraction of sp³-hybridized carbons (Fsp3) is 0.188. The van der Waals surface area contributed by atoms with Gasteiger partial charge in [0.1, 0.15) is 11.3 Å². The summed E-state index contributed by atoms with van der Waals surface area (Å²) in [5.74, 6) is 0.224. The molecule has 4 nitrogen and oxygen atoms in total. The Morgan fingerprint density at radius 2 is 2.05 bits per heavy atom. The van der Waals surface area contributed by atoms with Crippen molar-refractivity contribution < 1.29 is 9.53 Å². The van der Waals surface area contributed by atoms with Crippen LogP contribution in [0, 0.1) is 0 Å². The van der Waals surface area contributed by atoms with Crippen molar-refractivity contribution >= 4 is 23.2 Å². The number of halogens is 1. The maximum atomic E-state index is 12.2. The van der Waals surface area contributed by atoms with Crippen molar-refractivity contribution in [3.63, 3.8) is 0 Å². The number of nitrogen functional groups attached to an aromatic ring is 1. The second-order valence-corrected chi connectivity index (χ2v) is 5.00. The van der Waals surface area contributed by atoms with E-state index in [9.17, 15) is 4.79 Å². The van der Waals surface area contributed by atoms with Crippen LogP contribution in [0.3, 0.4) is 0 Å². The van der Waals surface area contributed by atoms with E-state index in [4.69, 9.17) is 22.1 Å². The standard InChI is InChI=1S/C16H17ClN2O2/c1-21-14-7-3-6-13(18)15(14)16(20)19-9-8-11-4-2-5-12(17)10-11/h2-7,10H,8-9,18H2,1H3,(H,19,20). The first kappa shape index (κ1) is 15.2. The zero-order valence-electron chi connectivity index (χ0n) is 11.7. The molecule has 0 fully saturated rings. The van der Waals surface area contributed by atoms with Crippen LogP contribution in [-0.2, 0) is 6.42 Å². The Kier molecular flexibility index (Phi) is 5.06. The van der Waals surface area contributed by atoms with Gasteiger partial charge in [0.25, 0.3) is 5.91 Å². The Bertz CT molecular complexity index is 644. The summed E-state index contributed by atoms with van der Waals surface area (Å²) in [5, 5.41) is 3.53. The number of carbonyl (C=O) groups is 1. The van der Waals surface area contributed by atoms with E-state index in [1.54, 1.807) is 18.2 Å². The first-order chi connectivity index (χ1) is 10.1. The van der Waals surface area contributed by atoms with Gasteiger partial charge in [-0.2, -0.15) is 0 Å². The maximum absolute atomic E-state index is 12.2. The predicted molar refractivity (Wildman–Crippen MR) is 84.9 cm³/mol. The molecule has 2 rings (SSSR count). The minimum absolute atomic E-state index is 0.244. The smallest absolute Gasteiger partial charge is 0.257 e. The van der Waals surface area contributed by atoms with Gasteiger partial charge in [-0.15, -0.1) is 0 Å². The van der Waals surface area contributed by atoms with Crippen molar-refractivity contribution in [1.82, 2.24) is 5.32 Å². The molecule has 0 atom stereocenters. The number of rotatable bonds is 5. The zero-order chi connectivity index (χ0) is 15.2. The number of nitrogens with one attached hydrogen (secondary N) is 1. The van der Waals surface area contributed by atoms with Crippen LogP contribution in [0.1, 0.15) is 15.9 Å². The monoisotopic (exact) mass is 304 g/mol. The molecule has 1 amide bonds. The van der Waals surface area contributed by atoms with E-state index in [1.807, 2.05) is 24.3 Å². The van der Waals surface area contributed by atoms with Gasteiger partial charge < -0.3 is 15.8 Å². The number of carbonyl (C=O) groups excluding carboxylic acids is 1. The quantitative estimate of drug-likeness (QED) is 0.835. The molecule has 3 N–H and O–H groups in total. The van der Waals surface area contributed by atoms with Gasteiger partial charge in [0, 0.05) is 17.3 Å². The predicted octanol–water partition coefficient (Wildman–Crippen LogP) is 2.90. The molecule has 0 radical (unpaired) electrons. The van der Waals surface area contributed by atoms with E-state index in [2.05, 4.69) is 5.32 Å². The molecule has 0 saturated carbocycles. The van der Waals surface area contributed by atoms with Crippen molar-refractivity contribution in [3.05, 3.63) is 58.6 Å². The van der Waals surface area contributed by atoms with E-state index < -0.39 is 0 Å². The van der Waals surface area contributed by atoms with Gasteiger partial charge in [0.2, 0.25) is 0 Å². The maximum Gasteiger partial charge on any atom is 0.257 e. The molecule has 21 heavy (non-hydrogen) atoms. The summed E-state index contributed by atoms with van der Waals surface area (Å²) in [6, 6.07) is 12.7. The van der Waals surface area contributed by atoms with Gasteiger partial charge in [-0.1, -0.05) is 29.8 Å². The lowest BCUT2D eigenvalue weighted by molar-refractivity contribution is 0.0952. The molecule has 0 spiro atoms. The number of benzene rings is 2. The van der Waals surface area contributed by atoms with Crippen LogP contribution in [0.5, 0.6) is 5.75 Å². The normalized spacial score (nSPS) is 10.2. The largest absolute Gasteiger partial charge is 0.496 e. The molecule has 0 aliphatic heterocycles. The Morgan fingerprint density at radius 1 is 1.29 bits per heavy atom. The molecule has 0 aromatic heterocycles. The number of anilines is 1. The second-order valence-electron chi connectivity index (χ2n) is 4.56. The third kappa shape index (κ3) is 3.89. The summed E-state index contributed by atoms with van der Waals surface area (Å²) in [7, 11) is 1.51. The first-order valence-corrected chi connectivity index (χ1v) is 6.94. The van der Waals surface area contributed by atoms with Gasteiger partial charge in [-0.25, -0.2) is 0 Å². The molecule has 110 valence electrons. The molecule has 0 bridgehead atoms. The molecule has 5 heteroatoms. The van der Waals surface area contributed by atoms with Crippen molar-refractivity contribution in [3.8, 4) is 5.75 Å². The average molecular weight is 305 g/mol. The highest BCUT2D eigenvalue weighted by Crippen LogP contribution is 2.23. The molecule has 0 heterocycles. The fourth-order valence-corrected chi connectivity index (χ4v) is 2.28. The van der Waals surface area contributed by atoms with Gasteiger partial charge in [-0.3, -0.25) is 4.79 Å². The Balaban J connectivity index is 1.99. The lowest BCUT2D eigenvalue weighted by atomic mass is 10.1. The van der Waals surface area contributed by atoms with E-state index in [0.717, 1.165) is 5.56 Å². The number of ether oxygens (including phenoxy) is 1. The van der Waals surface area contributed by atoms with E-state index in [1.165, 1.54) is 7.11 Å². The number of hydrogen-bond donors (Lipinski definition) is 2. The summed E-state index contributed by atoms with van der Waals surface area (Å²) < 4.78 is 5.17. The summed E-state index contributed by atoms with van der Waals surface area (Å²) in [6.07, 6.45) is 0.696. The number of amides is 1. The Labute approximate surface area is 128 Å². The number of hydrogen-bond acceptors (Lipinski definition) is 3. The molecule has 0 unspecified atom stereocenters. The third-order valence-electron chi connectivity index (χ3n) is 3.09. The van der Waals surface area contributed by atoms with Gasteiger partial charge in [-0.05, 0) is 36.2 Å². The third-order valence-corrected chi connectivity index (χ3v) is 3.33. The van der Waals surface area contributed by atoms with Gasteiger partial charge in [0.05, 0.1) is 7.11 Å². The molecule has 0 saturated heterocycles. The van der Waals surface area contributed by atoms with Crippen LogP contribution < -0.4 is 15.8 Å². The number of methoxy groups -OCH3 is 1. The first-order valence-electron chi connectivity index (χ1n) is 6.57. The van der Waals surface area contributed by atoms with Crippen LogP contribution >= 0.6 is 11.6 Å². The van der Waals surface area contributed by atoms with Crippen LogP contribution in [-0.4, -0.2) is 19.6 Å². The topological polar surface area (TPSA) is 64.3 Å². The van der Waals surface area contributed by atoms with Crippen LogP contribution in [0.2, 0.25) is 5.02 Å². The van der Waals surface area contributed by atoms with Crippen molar-refractivity contribution in [2.45, 2.75) is 6.42 Å². The van der Waals surface area contributed by atoms with Crippen LogP contribution in [0.25, 0.3) is 0 Å². The molecule has 0 aliphatic rings. The Hall–Kier alpha value is -2.20. The summed E-state index contributed by atoms with van der Waals surface area (Å²) in [5.41, 5.74) is 7.67. The molecular weight excluding hydrogens is 288 g/mol.